The lowest BCUT2D eigenvalue weighted by molar-refractivity contribution is 0.620. The number of fused-ring (bicyclic) bond motifs is 3. The summed E-state index contributed by atoms with van der Waals surface area (Å²) in [6.45, 7) is 1.90. The average molecular weight is 253 g/mol. The number of hydrogen-bond acceptors (Lipinski definition) is 3. The summed E-state index contributed by atoms with van der Waals surface area (Å²) in [5.41, 5.74) is 2.41. The third-order valence-electron chi connectivity index (χ3n) is 2.46. The molecule has 1 N–H and O–H groups in total. The second-order valence-corrected chi connectivity index (χ2v) is 4.29. The lowest BCUT2D eigenvalue weighted by Gasteiger charge is -2.11. The lowest BCUT2D eigenvalue weighted by atomic mass is 10.2. The zero-order chi connectivity index (χ0) is 9.54. The van der Waals surface area contributed by atoms with Gasteiger partial charge in [-0.2, -0.15) is 0 Å². The largest absolute Gasteiger partial charge is 0.311 e. The van der Waals surface area contributed by atoms with Gasteiger partial charge in [0, 0.05) is 31.9 Å². The van der Waals surface area contributed by atoms with Crippen molar-refractivity contribution >= 4 is 21.7 Å². The molecular weight excluding hydrogens is 244 g/mol. The molecule has 3 rings (SSSR count). The molecule has 4 nitrogen and oxygen atoms in total. The van der Waals surface area contributed by atoms with Crippen molar-refractivity contribution in [1.82, 2.24) is 19.7 Å². The summed E-state index contributed by atoms with van der Waals surface area (Å²) in [6, 6.07) is 0. The van der Waals surface area contributed by atoms with Gasteiger partial charge in [0.1, 0.15) is 0 Å². The molecule has 0 unspecified atom stereocenters. The minimum atomic E-state index is 0.793. The minimum Gasteiger partial charge on any atom is -0.311 e. The number of nitrogens with one attached hydrogen (secondary N) is 1. The van der Waals surface area contributed by atoms with E-state index >= 15 is 0 Å². The topological polar surface area (TPSA) is 42.2 Å². The quantitative estimate of drug-likeness (QED) is 0.765. The molecule has 0 saturated heterocycles. The van der Waals surface area contributed by atoms with Gasteiger partial charge < -0.3 is 5.32 Å². The summed E-state index contributed by atoms with van der Waals surface area (Å²) < 4.78 is 3.03. The van der Waals surface area contributed by atoms with Crippen LogP contribution in [0.15, 0.2) is 16.9 Å². The average Bonchev–Trinajstić information content (AvgIpc) is 2.56. The third kappa shape index (κ3) is 1.16. The molecule has 0 bridgehead atoms. The van der Waals surface area contributed by atoms with Gasteiger partial charge in [-0.25, -0.2) is 9.97 Å². The van der Waals surface area contributed by atoms with Crippen LogP contribution in [0.1, 0.15) is 11.4 Å². The molecular formula is C9H9BrN4. The molecule has 0 atom stereocenters. The maximum absolute atomic E-state index is 4.49. The number of rotatable bonds is 0. The zero-order valence-corrected chi connectivity index (χ0v) is 9.08. The van der Waals surface area contributed by atoms with Crippen LogP contribution in [0.4, 0.5) is 0 Å². The highest BCUT2D eigenvalue weighted by Gasteiger charge is 2.15. The van der Waals surface area contributed by atoms with Gasteiger partial charge in [-0.3, -0.25) is 4.40 Å². The van der Waals surface area contributed by atoms with Crippen LogP contribution in [0.2, 0.25) is 0 Å². The van der Waals surface area contributed by atoms with Gasteiger partial charge >= 0.3 is 0 Å². The molecule has 3 heterocycles. The van der Waals surface area contributed by atoms with Gasteiger partial charge in [0.05, 0.1) is 15.9 Å². The standard InChI is InChI=1S/C9H9BrN4/c10-6-3-12-9-13-7-1-2-11-4-8(7)14(9)5-6/h3,5,11H,1-2,4H2. The van der Waals surface area contributed by atoms with Gasteiger partial charge in [0.15, 0.2) is 0 Å². The zero-order valence-electron chi connectivity index (χ0n) is 7.50. The fourth-order valence-electron chi connectivity index (χ4n) is 1.80. The Labute approximate surface area is 89.5 Å². The SMILES string of the molecule is Brc1cnc2nc3c(n2c1)CNCC3. The normalized spacial score (nSPS) is 15.8. The van der Waals surface area contributed by atoms with Crippen molar-refractivity contribution in [3.05, 3.63) is 28.3 Å². The lowest BCUT2D eigenvalue weighted by Crippen LogP contribution is -2.24. The predicted octanol–water partition coefficient (Wildman–Crippen LogP) is 1.14. The Morgan fingerprint density at radius 3 is 3.36 bits per heavy atom. The van der Waals surface area contributed by atoms with E-state index in [4.69, 9.17) is 0 Å². The van der Waals surface area contributed by atoms with E-state index in [0.29, 0.717) is 0 Å². The molecule has 0 saturated carbocycles. The van der Waals surface area contributed by atoms with E-state index in [1.165, 1.54) is 11.4 Å². The molecule has 0 amide bonds. The Hall–Kier alpha value is -0.940. The van der Waals surface area contributed by atoms with E-state index in [1.807, 2.05) is 10.6 Å². The van der Waals surface area contributed by atoms with Crippen LogP contribution in [0.3, 0.4) is 0 Å². The maximum atomic E-state index is 4.49. The van der Waals surface area contributed by atoms with Crippen LogP contribution in [0.25, 0.3) is 5.78 Å². The summed E-state index contributed by atoms with van der Waals surface area (Å²) in [7, 11) is 0. The molecule has 0 fully saturated rings. The second-order valence-electron chi connectivity index (χ2n) is 3.37. The van der Waals surface area contributed by atoms with Gasteiger partial charge in [-0.15, -0.1) is 0 Å². The number of imidazole rings is 1. The van der Waals surface area contributed by atoms with Crippen LogP contribution >= 0.6 is 15.9 Å². The van der Waals surface area contributed by atoms with E-state index < -0.39 is 0 Å². The first-order chi connectivity index (χ1) is 6.84. The Kier molecular flexibility index (Phi) is 1.81. The van der Waals surface area contributed by atoms with Crippen molar-refractivity contribution in [3.8, 4) is 0 Å². The highest BCUT2D eigenvalue weighted by Crippen LogP contribution is 2.17. The highest BCUT2D eigenvalue weighted by molar-refractivity contribution is 9.10. The van der Waals surface area contributed by atoms with Crippen molar-refractivity contribution in [2.45, 2.75) is 13.0 Å². The maximum Gasteiger partial charge on any atom is 0.234 e. The van der Waals surface area contributed by atoms with Crippen molar-refractivity contribution in [2.75, 3.05) is 6.54 Å². The molecule has 0 aromatic carbocycles. The van der Waals surface area contributed by atoms with Crippen LogP contribution in [-0.2, 0) is 13.0 Å². The Morgan fingerprint density at radius 1 is 1.50 bits per heavy atom. The van der Waals surface area contributed by atoms with Crippen LogP contribution in [-0.4, -0.2) is 20.9 Å². The van der Waals surface area contributed by atoms with Crippen LogP contribution in [0.5, 0.6) is 0 Å². The number of halogens is 1. The van der Waals surface area contributed by atoms with Gasteiger partial charge in [0.2, 0.25) is 5.78 Å². The fraction of sp³-hybridized carbons (Fsp3) is 0.333. The Bertz CT molecular complexity index is 491. The van der Waals surface area contributed by atoms with E-state index in [9.17, 15) is 0 Å². The fourth-order valence-corrected chi connectivity index (χ4v) is 2.11. The first-order valence-electron chi connectivity index (χ1n) is 4.56. The first kappa shape index (κ1) is 8.38. The first-order valence-corrected chi connectivity index (χ1v) is 5.36. The molecule has 14 heavy (non-hydrogen) atoms. The molecule has 2 aromatic rings. The predicted molar refractivity (Wildman–Crippen MR) is 56.1 cm³/mol. The van der Waals surface area contributed by atoms with Crippen LogP contribution in [0, 0.1) is 0 Å². The monoisotopic (exact) mass is 252 g/mol. The summed E-state index contributed by atoms with van der Waals surface area (Å²) >= 11 is 3.41. The van der Waals surface area contributed by atoms with Crippen molar-refractivity contribution in [2.24, 2.45) is 0 Å². The van der Waals surface area contributed by atoms with Crippen LogP contribution < -0.4 is 5.32 Å². The molecule has 2 aromatic heterocycles. The van der Waals surface area contributed by atoms with E-state index in [1.54, 1.807) is 6.20 Å². The Balaban J connectivity index is 2.32. The smallest absolute Gasteiger partial charge is 0.234 e. The summed E-state index contributed by atoms with van der Waals surface area (Å²) in [4.78, 5) is 8.75. The molecule has 1 aliphatic heterocycles. The molecule has 0 radical (unpaired) electrons. The number of aromatic nitrogens is 3. The number of hydrogen-bond donors (Lipinski definition) is 1. The molecule has 1 aliphatic rings. The Morgan fingerprint density at radius 2 is 2.43 bits per heavy atom. The van der Waals surface area contributed by atoms with Gasteiger partial charge in [-0.1, -0.05) is 0 Å². The minimum absolute atomic E-state index is 0.793. The second kappa shape index (κ2) is 3.03. The van der Waals surface area contributed by atoms with Crippen molar-refractivity contribution in [1.29, 1.82) is 0 Å². The molecule has 0 aliphatic carbocycles. The molecule has 5 heteroatoms. The van der Waals surface area contributed by atoms with Crippen molar-refractivity contribution < 1.29 is 0 Å². The van der Waals surface area contributed by atoms with E-state index in [-0.39, 0.29) is 0 Å². The molecule has 0 spiro atoms. The van der Waals surface area contributed by atoms with Gasteiger partial charge in [-0.05, 0) is 15.9 Å². The third-order valence-corrected chi connectivity index (χ3v) is 2.87. The summed E-state index contributed by atoms with van der Waals surface area (Å²) in [6.07, 6.45) is 4.79. The highest BCUT2D eigenvalue weighted by atomic mass is 79.9. The van der Waals surface area contributed by atoms with E-state index in [2.05, 4.69) is 31.2 Å². The summed E-state index contributed by atoms with van der Waals surface area (Å²) in [5.74, 6) is 0.793. The summed E-state index contributed by atoms with van der Waals surface area (Å²) in [5, 5.41) is 3.33. The van der Waals surface area contributed by atoms with E-state index in [0.717, 1.165) is 29.8 Å². The van der Waals surface area contributed by atoms with Crippen molar-refractivity contribution in [3.63, 3.8) is 0 Å². The van der Waals surface area contributed by atoms with Gasteiger partial charge in [0.25, 0.3) is 0 Å². The molecule has 72 valence electrons. The number of nitrogens with zero attached hydrogens (tertiary/aromatic N) is 3.